The second-order valence-corrected chi connectivity index (χ2v) is 6.24. The first kappa shape index (κ1) is 17.1. The first-order chi connectivity index (χ1) is 10.9. The van der Waals surface area contributed by atoms with Crippen LogP contribution >= 0.6 is 12.2 Å². The number of nitrogens with one attached hydrogen (secondary N) is 3. The molecule has 6 heteroatoms. The molecule has 0 saturated carbocycles. The van der Waals surface area contributed by atoms with E-state index in [9.17, 15) is 9.59 Å². The van der Waals surface area contributed by atoms with E-state index in [-0.39, 0.29) is 17.9 Å². The van der Waals surface area contributed by atoms with Gasteiger partial charge in [0.15, 0.2) is 4.77 Å². The molecule has 1 heterocycles. The maximum Gasteiger partial charge on any atom is 0.255 e. The summed E-state index contributed by atoms with van der Waals surface area (Å²) in [4.78, 5) is 29.3. The van der Waals surface area contributed by atoms with E-state index in [1.807, 2.05) is 24.3 Å². The summed E-state index contributed by atoms with van der Waals surface area (Å²) in [6, 6.07) is 7.80. The molecule has 122 valence electrons. The monoisotopic (exact) mass is 331 g/mol. The second-order valence-electron chi connectivity index (χ2n) is 5.84. The molecule has 1 aromatic carbocycles. The van der Waals surface area contributed by atoms with Crippen LogP contribution in [-0.2, 0) is 11.2 Å². The number of H-pyrrole nitrogens is 2. The normalized spacial score (nSPS) is 10.8. The third-order valence-corrected chi connectivity index (χ3v) is 3.92. The van der Waals surface area contributed by atoms with Crippen LogP contribution in [0.1, 0.15) is 43.0 Å². The number of aryl methyl sites for hydroxylation is 1. The summed E-state index contributed by atoms with van der Waals surface area (Å²) in [6.45, 7) is 6.03. The highest BCUT2D eigenvalue weighted by Gasteiger charge is 2.09. The molecule has 2 aromatic rings. The van der Waals surface area contributed by atoms with Crippen LogP contribution in [0.4, 0.5) is 5.69 Å². The molecule has 0 aliphatic heterocycles. The van der Waals surface area contributed by atoms with Crippen molar-refractivity contribution in [2.45, 2.75) is 39.5 Å². The molecule has 23 heavy (non-hydrogen) atoms. The lowest BCUT2D eigenvalue weighted by Gasteiger charge is -2.09. The van der Waals surface area contributed by atoms with Gasteiger partial charge in [0, 0.05) is 23.4 Å². The number of carbonyl (C=O) groups excluding carboxylic acids is 1. The summed E-state index contributed by atoms with van der Waals surface area (Å²) in [5.74, 6) is 0.335. The van der Waals surface area contributed by atoms with Gasteiger partial charge in [-0.25, -0.2) is 0 Å². The Hall–Kier alpha value is -2.21. The Morgan fingerprint density at radius 1 is 1.22 bits per heavy atom. The number of rotatable bonds is 5. The lowest BCUT2D eigenvalue weighted by atomic mass is 10.0. The minimum absolute atomic E-state index is 0.122. The van der Waals surface area contributed by atoms with E-state index in [0.29, 0.717) is 28.4 Å². The molecule has 0 unspecified atom stereocenters. The summed E-state index contributed by atoms with van der Waals surface area (Å²) < 4.78 is 0.297. The fourth-order valence-electron chi connectivity index (χ4n) is 2.34. The Kier molecular flexibility index (Phi) is 5.50. The first-order valence-electron chi connectivity index (χ1n) is 7.58. The lowest BCUT2D eigenvalue weighted by molar-refractivity contribution is -0.116. The number of amides is 1. The van der Waals surface area contributed by atoms with Crippen LogP contribution in [0.2, 0.25) is 0 Å². The Labute approximate surface area is 140 Å². The predicted octanol–water partition coefficient (Wildman–Crippen LogP) is 3.44. The van der Waals surface area contributed by atoms with Crippen molar-refractivity contribution in [3.8, 4) is 0 Å². The van der Waals surface area contributed by atoms with Gasteiger partial charge in [0.2, 0.25) is 5.91 Å². The van der Waals surface area contributed by atoms with Crippen LogP contribution < -0.4 is 10.9 Å². The summed E-state index contributed by atoms with van der Waals surface area (Å²) in [5, 5.41) is 2.85. The SMILES string of the molecule is Cc1[nH]c(=S)[nH]c(=O)c1CCC(=O)Nc1ccc(C(C)C)cc1. The zero-order valence-electron chi connectivity index (χ0n) is 13.5. The minimum atomic E-state index is -0.236. The van der Waals surface area contributed by atoms with E-state index in [0.717, 1.165) is 5.69 Å². The van der Waals surface area contributed by atoms with Gasteiger partial charge in [-0.2, -0.15) is 0 Å². The topological polar surface area (TPSA) is 77.8 Å². The molecule has 0 aliphatic rings. The number of benzene rings is 1. The van der Waals surface area contributed by atoms with Crippen LogP contribution in [0, 0.1) is 11.7 Å². The molecule has 2 rings (SSSR count). The van der Waals surface area contributed by atoms with E-state index >= 15 is 0 Å². The second kappa shape index (κ2) is 7.37. The van der Waals surface area contributed by atoms with Crippen LogP contribution in [0.15, 0.2) is 29.1 Å². The van der Waals surface area contributed by atoms with Gasteiger partial charge in [-0.05, 0) is 49.2 Å². The van der Waals surface area contributed by atoms with E-state index in [4.69, 9.17) is 12.2 Å². The first-order valence-corrected chi connectivity index (χ1v) is 7.99. The highest BCUT2D eigenvalue weighted by atomic mass is 32.1. The Bertz CT molecular complexity index is 804. The summed E-state index contributed by atoms with van der Waals surface area (Å²) in [5.41, 5.74) is 3.01. The zero-order chi connectivity index (χ0) is 17.0. The van der Waals surface area contributed by atoms with Gasteiger partial charge < -0.3 is 10.3 Å². The van der Waals surface area contributed by atoms with Gasteiger partial charge in [0.05, 0.1) is 0 Å². The quantitative estimate of drug-likeness (QED) is 0.735. The van der Waals surface area contributed by atoms with E-state index in [1.54, 1.807) is 6.92 Å². The number of aromatic amines is 2. The van der Waals surface area contributed by atoms with Gasteiger partial charge in [-0.15, -0.1) is 0 Å². The Balaban J connectivity index is 1.98. The molecular formula is C17H21N3O2S. The highest BCUT2D eigenvalue weighted by Crippen LogP contribution is 2.17. The van der Waals surface area contributed by atoms with Gasteiger partial charge in [0.25, 0.3) is 5.56 Å². The third kappa shape index (κ3) is 4.63. The number of carbonyl (C=O) groups is 1. The van der Waals surface area contributed by atoms with Crippen molar-refractivity contribution in [3.63, 3.8) is 0 Å². The molecule has 0 radical (unpaired) electrons. The van der Waals surface area contributed by atoms with Crippen molar-refractivity contribution in [1.82, 2.24) is 9.97 Å². The van der Waals surface area contributed by atoms with Gasteiger partial charge in [0.1, 0.15) is 0 Å². The summed E-state index contributed by atoms with van der Waals surface area (Å²) >= 11 is 4.91. The predicted molar refractivity (Wildman–Crippen MR) is 94.5 cm³/mol. The standard InChI is InChI=1S/C17H21N3O2S/c1-10(2)12-4-6-13(7-5-12)19-15(21)9-8-14-11(3)18-17(23)20-16(14)22/h4-7,10H,8-9H2,1-3H3,(H,19,21)(H2,18,20,22,23). The van der Waals surface area contributed by atoms with Crippen molar-refractivity contribution < 1.29 is 4.79 Å². The molecule has 3 N–H and O–H groups in total. The third-order valence-electron chi connectivity index (χ3n) is 3.72. The number of hydrogen-bond acceptors (Lipinski definition) is 3. The van der Waals surface area contributed by atoms with Gasteiger partial charge >= 0.3 is 0 Å². The molecule has 0 bridgehead atoms. The molecular weight excluding hydrogens is 310 g/mol. The summed E-state index contributed by atoms with van der Waals surface area (Å²) in [6.07, 6.45) is 0.601. The maximum atomic E-state index is 12.0. The number of aromatic nitrogens is 2. The van der Waals surface area contributed by atoms with Crippen LogP contribution in [0.5, 0.6) is 0 Å². The number of anilines is 1. The minimum Gasteiger partial charge on any atom is -0.336 e. The molecule has 0 spiro atoms. The molecule has 1 amide bonds. The maximum absolute atomic E-state index is 12.0. The molecule has 5 nitrogen and oxygen atoms in total. The Morgan fingerprint density at radius 3 is 2.43 bits per heavy atom. The molecule has 1 aromatic heterocycles. The molecule has 0 saturated heterocycles. The van der Waals surface area contributed by atoms with Crippen molar-refractivity contribution in [2.24, 2.45) is 0 Å². The molecule has 0 atom stereocenters. The smallest absolute Gasteiger partial charge is 0.255 e. The fraction of sp³-hybridized carbons (Fsp3) is 0.353. The van der Waals surface area contributed by atoms with E-state index in [2.05, 4.69) is 29.1 Å². The van der Waals surface area contributed by atoms with Crippen molar-refractivity contribution in [2.75, 3.05) is 5.32 Å². The highest BCUT2D eigenvalue weighted by molar-refractivity contribution is 7.71. The largest absolute Gasteiger partial charge is 0.336 e. The van der Waals surface area contributed by atoms with Crippen molar-refractivity contribution in [3.05, 3.63) is 56.2 Å². The lowest BCUT2D eigenvalue weighted by Crippen LogP contribution is -2.19. The van der Waals surface area contributed by atoms with Crippen molar-refractivity contribution in [1.29, 1.82) is 0 Å². The fourth-order valence-corrected chi connectivity index (χ4v) is 2.59. The number of hydrogen-bond donors (Lipinski definition) is 3. The molecule has 0 fully saturated rings. The van der Waals surface area contributed by atoms with Crippen LogP contribution in [-0.4, -0.2) is 15.9 Å². The van der Waals surface area contributed by atoms with E-state index < -0.39 is 0 Å². The average molecular weight is 331 g/mol. The average Bonchev–Trinajstić information content (AvgIpc) is 2.46. The van der Waals surface area contributed by atoms with E-state index in [1.165, 1.54) is 5.56 Å². The van der Waals surface area contributed by atoms with Crippen molar-refractivity contribution >= 4 is 23.8 Å². The van der Waals surface area contributed by atoms with Crippen LogP contribution in [0.3, 0.4) is 0 Å². The molecule has 0 aliphatic carbocycles. The zero-order valence-corrected chi connectivity index (χ0v) is 14.3. The van der Waals surface area contributed by atoms with Gasteiger partial charge in [-0.3, -0.25) is 14.6 Å². The van der Waals surface area contributed by atoms with Gasteiger partial charge in [-0.1, -0.05) is 26.0 Å². The Morgan fingerprint density at radius 2 is 1.87 bits per heavy atom. The van der Waals surface area contributed by atoms with Crippen LogP contribution in [0.25, 0.3) is 0 Å². The summed E-state index contributed by atoms with van der Waals surface area (Å²) in [7, 11) is 0.